The second-order valence-corrected chi connectivity index (χ2v) is 6.06. The van der Waals surface area contributed by atoms with E-state index in [1.807, 2.05) is 23.4 Å². The highest BCUT2D eigenvalue weighted by Gasteiger charge is 2.50. The molecular weight excluding hydrogens is 254 g/mol. The van der Waals surface area contributed by atoms with Crippen molar-refractivity contribution < 1.29 is 4.79 Å². The van der Waals surface area contributed by atoms with Gasteiger partial charge in [-0.25, -0.2) is 4.68 Å². The average Bonchev–Trinajstić information content (AvgIpc) is 2.97. The van der Waals surface area contributed by atoms with Crippen LogP contribution in [0.5, 0.6) is 0 Å². The van der Waals surface area contributed by atoms with Crippen molar-refractivity contribution in [2.24, 2.45) is 11.1 Å². The van der Waals surface area contributed by atoms with E-state index < -0.39 is 0 Å². The largest absolute Gasteiger partial charge is 0.335 e. The SMILES string of the molecule is CCc1c(C(=O)N2CC(N)C3(CCC3)C2)nnn1CC. The molecule has 0 aromatic carbocycles. The van der Waals surface area contributed by atoms with Gasteiger partial charge in [-0.05, 0) is 26.2 Å². The summed E-state index contributed by atoms with van der Waals surface area (Å²) in [5.41, 5.74) is 7.87. The van der Waals surface area contributed by atoms with Gasteiger partial charge in [-0.1, -0.05) is 18.6 Å². The first-order valence-corrected chi connectivity index (χ1v) is 7.58. The highest BCUT2D eigenvalue weighted by Crippen LogP contribution is 2.47. The Morgan fingerprint density at radius 2 is 2.20 bits per heavy atom. The third-order valence-electron chi connectivity index (χ3n) is 5.02. The zero-order valence-corrected chi connectivity index (χ0v) is 12.3. The van der Waals surface area contributed by atoms with Crippen molar-refractivity contribution in [1.29, 1.82) is 0 Å². The van der Waals surface area contributed by atoms with Gasteiger partial charge in [0.1, 0.15) is 0 Å². The fourth-order valence-electron chi connectivity index (χ4n) is 3.56. The summed E-state index contributed by atoms with van der Waals surface area (Å²) in [7, 11) is 0. The molecule has 0 radical (unpaired) electrons. The monoisotopic (exact) mass is 277 g/mol. The number of aromatic nitrogens is 3. The molecule has 2 N–H and O–H groups in total. The minimum atomic E-state index is 0.000718. The molecule has 1 aliphatic carbocycles. The maximum absolute atomic E-state index is 12.7. The molecule has 6 nitrogen and oxygen atoms in total. The van der Waals surface area contributed by atoms with Gasteiger partial charge in [-0.15, -0.1) is 5.10 Å². The summed E-state index contributed by atoms with van der Waals surface area (Å²) < 4.78 is 1.81. The molecule has 1 amide bonds. The minimum Gasteiger partial charge on any atom is -0.335 e. The summed E-state index contributed by atoms with van der Waals surface area (Å²) in [4.78, 5) is 14.6. The third-order valence-corrected chi connectivity index (χ3v) is 5.02. The van der Waals surface area contributed by atoms with Crippen molar-refractivity contribution in [2.75, 3.05) is 13.1 Å². The van der Waals surface area contributed by atoms with Crippen LogP contribution in [0.15, 0.2) is 0 Å². The quantitative estimate of drug-likeness (QED) is 0.887. The Hall–Kier alpha value is -1.43. The molecule has 1 saturated carbocycles. The topological polar surface area (TPSA) is 77.0 Å². The van der Waals surface area contributed by atoms with Gasteiger partial charge in [0.15, 0.2) is 5.69 Å². The highest BCUT2D eigenvalue weighted by molar-refractivity contribution is 5.93. The number of rotatable bonds is 3. The summed E-state index contributed by atoms with van der Waals surface area (Å²) in [5.74, 6) is 0.000718. The van der Waals surface area contributed by atoms with E-state index in [0.717, 1.165) is 38.0 Å². The van der Waals surface area contributed by atoms with E-state index >= 15 is 0 Å². The lowest BCUT2D eigenvalue weighted by Crippen LogP contribution is -2.45. The summed E-state index contributed by atoms with van der Waals surface area (Å²) >= 11 is 0. The first kappa shape index (κ1) is 13.5. The van der Waals surface area contributed by atoms with Crippen molar-refractivity contribution in [2.45, 2.75) is 52.1 Å². The van der Waals surface area contributed by atoms with Gasteiger partial charge in [0.25, 0.3) is 5.91 Å². The minimum absolute atomic E-state index is 0.000718. The number of nitrogens with zero attached hydrogens (tertiary/aromatic N) is 4. The van der Waals surface area contributed by atoms with Gasteiger partial charge in [-0.2, -0.15) is 0 Å². The summed E-state index contributed by atoms with van der Waals surface area (Å²) in [6.45, 7) is 6.23. The van der Waals surface area contributed by atoms with Crippen LogP contribution in [0.1, 0.15) is 49.3 Å². The molecule has 110 valence electrons. The van der Waals surface area contributed by atoms with Crippen LogP contribution in [0.4, 0.5) is 0 Å². The van der Waals surface area contributed by atoms with Crippen LogP contribution in [0.25, 0.3) is 0 Å². The summed E-state index contributed by atoms with van der Waals surface area (Å²) in [6.07, 6.45) is 4.31. The van der Waals surface area contributed by atoms with Gasteiger partial charge < -0.3 is 10.6 Å². The molecule has 2 fully saturated rings. The fourth-order valence-corrected chi connectivity index (χ4v) is 3.56. The number of nitrogens with two attached hydrogens (primary N) is 1. The highest BCUT2D eigenvalue weighted by atomic mass is 16.2. The van der Waals surface area contributed by atoms with Crippen molar-refractivity contribution in [3.63, 3.8) is 0 Å². The maximum atomic E-state index is 12.7. The molecule has 1 aromatic heterocycles. The van der Waals surface area contributed by atoms with Crippen LogP contribution in [-0.2, 0) is 13.0 Å². The van der Waals surface area contributed by atoms with Crippen molar-refractivity contribution in [1.82, 2.24) is 19.9 Å². The summed E-state index contributed by atoms with van der Waals surface area (Å²) in [6, 6.07) is 0.117. The van der Waals surface area contributed by atoms with E-state index in [0.29, 0.717) is 12.2 Å². The molecule has 1 saturated heterocycles. The molecule has 1 aliphatic heterocycles. The van der Waals surface area contributed by atoms with Crippen LogP contribution in [0.2, 0.25) is 0 Å². The molecule has 0 bridgehead atoms. The number of amides is 1. The lowest BCUT2D eigenvalue weighted by Gasteiger charge is -2.41. The predicted octanol–water partition coefficient (Wildman–Crippen LogP) is 0.814. The van der Waals surface area contributed by atoms with Crippen molar-refractivity contribution in [3.8, 4) is 0 Å². The normalized spacial score (nSPS) is 24.1. The first-order valence-electron chi connectivity index (χ1n) is 7.58. The van der Waals surface area contributed by atoms with Gasteiger partial charge in [0.05, 0.1) is 5.69 Å². The number of aryl methyl sites for hydroxylation is 1. The Balaban J connectivity index is 1.81. The maximum Gasteiger partial charge on any atom is 0.276 e. The van der Waals surface area contributed by atoms with Gasteiger partial charge in [0, 0.05) is 31.1 Å². The van der Waals surface area contributed by atoms with Crippen molar-refractivity contribution in [3.05, 3.63) is 11.4 Å². The molecule has 2 aliphatic rings. The average molecular weight is 277 g/mol. The molecule has 3 rings (SSSR count). The van der Waals surface area contributed by atoms with E-state index in [4.69, 9.17) is 5.73 Å². The van der Waals surface area contributed by atoms with Crippen LogP contribution >= 0.6 is 0 Å². The van der Waals surface area contributed by atoms with E-state index in [1.54, 1.807) is 0 Å². The Morgan fingerprint density at radius 1 is 1.45 bits per heavy atom. The Morgan fingerprint density at radius 3 is 2.70 bits per heavy atom. The molecule has 1 aromatic rings. The Kier molecular flexibility index (Phi) is 3.28. The lowest BCUT2D eigenvalue weighted by molar-refractivity contribution is 0.0720. The number of hydrogen-bond acceptors (Lipinski definition) is 4. The summed E-state index contributed by atoms with van der Waals surface area (Å²) in [5, 5.41) is 8.18. The number of carbonyl (C=O) groups is 1. The molecule has 1 atom stereocenters. The fraction of sp³-hybridized carbons (Fsp3) is 0.786. The van der Waals surface area contributed by atoms with E-state index in [9.17, 15) is 4.79 Å². The molecular formula is C14H23N5O. The van der Waals surface area contributed by atoms with Crippen LogP contribution in [0.3, 0.4) is 0 Å². The zero-order valence-electron chi connectivity index (χ0n) is 12.3. The van der Waals surface area contributed by atoms with E-state index in [-0.39, 0.29) is 17.4 Å². The number of likely N-dealkylation sites (tertiary alicyclic amines) is 1. The second kappa shape index (κ2) is 4.84. The number of carbonyl (C=O) groups excluding carboxylic acids is 1. The smallest absolute Gasteiger partial charge is 0.276 e. The standard InChI is InChI=1S/C14H23N5O/c1-3-10-12(16-17-19(10)4-2)13(20)18-8-11(15)14(9-18)6-5-7-14/h11H,3-9,15H2,1-2H3. The lowest BCUT2D eigenvalue weighted by atomic mass is 9.66. The van der Waals surface area contributed by atoms with Gasteiger partial charge >= 0.3 is 0 Å². The second-order valence-electron chi connectivity index (χ2n) is 6.06. The molecule has 1 unspecified atom stereocenters. The van der Waals surface area contributed by atoms with E-state index in [1.165, 1.54) is 6.42 Å². The molecule has 20 heavy (non-hydrogen) atoms. The van der Waals surface area contributed by atoms with Crippen LogP contribution < -0.4 is 5.73 Å². The molecule has 1 spiro atoms. The van der Waals surface area contributed by atoms with E-state index in [2.05, 4.69) is 10.3 Å². The molecule has 2 heterocycles. The number of hydrogen-bond donors (Lipinski definition) is 1. The van der Waals surface area contributed by atoms with Crippen LogP contribution in [-0.4, -0.2) is 44.9 Å². The van der Waals surface area contributed by atoms with Gasteiger partial charge in [-0.3, -0.25) is 4.79 Å². The molecule has 6 heteroatoms. The third kappa shape index (κ3) is 1.85. The zero-order chi connectivity index (χ0) is 14.3. The predicted molar refractivity (Wildman–Crippen MR) is 75.2 cm³/mol. The Bertz CT molecular complexity index is 520. The first-order chi connectivity index (χ1) is 9.61. The van der Waals surface area contributed by atoms with Crippen LogP contribution in [0, 0.1) is 5.41 Å². The van der Waals surface area contributed by atoms with Crippen molar-refractivity contribution >= 4 is 5.91 Å². The Labute approximate surface area is 119 Å². The van der Waals surface area contributed by atoms with Gasteiger partial charge in [0.2, 0.25) is 0 Å².